The zero-order valence-corrected chi connectivity index (χ0v) is 18.7. The molecule has 2 heterocycles. The smallest absolute Gasteiger partial charge is 0.234 e. The summed E-state index contributed by atoms with van der Waals surface area (Å²) in [6.07, 6.45) is 1.60. The Bertz CT molecular complexity index is 702. The van der Waals surface area contributed by atoms with Gasteiger partial charge >= 0.3 is 0 Å². The fraction of sp³-hybridized carbons (Fsp3) is 0.750. The van der Waals surface area contributed by atoms with E-state index in [1.165, 1.54) is 0 Å². The van der Waals surface area contributed by atoms with E-state index in [0.717, 1.165) is 18.5 Å². The number of amides is 1. The maximum absolute atomic E-state index is 13.3. The van der Waals surface area contributed by atoms with Gasteiger partial charge in [-0.2, -0.15) is 5.26 Å². The van der Waals surface area contributed by atoms with Gasteiger partial charge in [-0.05, 0) is 43.8 Å². The van der Waals surface area contributed by atoms with Crippen molar-refractivity contribution in [3.63, 3.8) is 0 Å². The highest BCUT2D eigenvalue weighted by atomic mass is 28.4. The van der Waals surface area contributed by atoms with Gasteiger partial charge in [-0.1, -0.05) is 32.9 Å². The highest BCUT2D eigenvalue weighted by molar-refractivity contribution is 6.74. The van der Waals surface area contributed by atoms with Crippen LogP contribution >= 0.6 is 0 Å². The van der Waals surface area contributed by atoms with Gasteiger partial charge in [-0.15, -0.1) is 0 Å². The maximum atomic E-state index is 13.3. The van der Waals surface area contributed by atoms with Crippen LogP contribution in [-0.2, 0) is 9.22 Å². The first-order valence-corrected chi connectivity index (χ1v) is 12.7. The highest BCUT2D eigenvalue weighted by Crippen LogP contribution is 2.38. The minimum absolute atomic E-state index is 0.0541. The second-order valence-electron chi connectivity index (χ2n) is 9.22. The number of hydrogen-bond acceptors (Lipinski definition) is 5. The first kappa shape index (κ1) is 21.6. The summed E-state index contributed by atoms with van der Waals surface area (Å²) in [6.45, 7) is 16.0. The number of nitriles is 1. The molecule has 0 saturated carbocycles. The number of carbonyl (C=O) groups is 1. The number of nitrogens with zero attached hydrogens (tertiary/aromatic N) is 3. The van der Waals surface area contributed by atoms with Crippen molar-refractivity contribution in [1.82, 2.24) is 10.1 Å². The van der Waals surface area contributed by atoms with E-state index >= 15 is 0 Å². The van der Waals surface area contributed by atoms with Crippen molar-refractivity contribution >= 4 is 14.2 Å². The molecule has 3 atom stereocenters. The Morgan fingerprint density at radius 2 is 2.19 bits per heavy atom. The lowest BCUT2D eigenvalue weighted by Crippen LogP contribution is -2.44. The molecule has 1 amide bonds. The molecule has 1 aromatic rings. The summed E-state index contributed by atoms with van der Waals surface area (Å²) in [6, 6.07) is 3.73. The summed E-state index contributed by atoms with van der Waals surface area (Å²) < 4.78 is 11.8. The van der Waals surface area contributed by atoms with Gasteiger partial charge in [0, 0.05) is 19.2 Å². The molecule has 2 rings (SSSR count). The Kier molecular flexibility index (Phi) is 6.54. The van der Waals surface area contributed by atoms with Gasteiger partial charge in [-0.25, -0.2) is 0 Å². The zero-order valence-electron chi connectivity index (χ0n) is 17.7. The van der Waals surface area contributed by atoms with Crippen molar-refractivity contribution in [2.24, 2.45) is 5.92 Å². The number of likely N-dealkylation sites (tertiary alicyclic amines) is 1. The zero-order chi connectivity index (χ0) is 20.4. The molecule has 0 spiro atoms. The van der Waals surface area contributed by atoms with Crippen molar-refractivity contribution in [3.05, 3.63) is 17.5 Å². The van der Waals surface area contributed by atoms with E-state index in [-0.39, 0.29) is 22.9 Å². The molecule has 150 valence electrons. The van der Waals surface area contributed by atoms with Gasteiger partial charge in [0.2, 0.25) is 5.91 Å². The Morgan fingerprint density at radius 1 is 1.52 bits per heavy atom. The third kappa shape index (κ3) is 4.80. The lowest BCUT2D eigenvalue weighted by molar-refractivity contribution is -0.134. The van der Waals surface area contributed by atoms with Crippen molar-refractivity contribution in [3.8, 4) is 6.07 Å². The first-order chi connectivity index (χ1) is 12.5. The average molecular weight is 392 g/mol. The number of hydrogen-bond donors (Lipinski definition) is 0. The van der Waals surface area contributed by atoms with Crippen molar-refractivity contribution < 1.29 is 13.7 Å². The molecule has 1 saturated heterocycles. The van der Waals surface area contributed by atoms with Crippen LogP contribution in [0.4, 0.5) is 0 Å². The van der Waals surface area contributed by atoms with E-state index in [9.17, 15) is 10.1 Å². The molecule has 6 nitrogen and oxygen atoms in total. The molecule has 1 aliphatic rings. The maximum Gasteiger partial charge on any atom is 0.234 e. The van der Waals surface area contributed by atoms with Crippen LogP contribution in [0.3, 0.4) is 0 Å². The van der Waals surface area contributed by atoms with Crippen molar-refractivity contribution in [1.29, 1.82) is 5.26 Å². The van der Waals surface area contributed by atoms with Crippen LogP contribution in [0, 0.1) is 24.2 Å². The van der Waals surface area contributed by atoms with Crippen molar-refractivity contribution in [2.45, 2.75) is 77.6 Å². The molecule has 0 bridgehead atoms. The molecule has 2 unspecified atom stereocenters. The first-order valence-electron chi connectivity index (χ1n) is 9.75. The van der Waals surface area contributed by atoms with Crippen molar-refractivity contribution in [2.75, 3.05) is 13.2 Å². The van der Waals surface area contributed by atoms with Crippen LogP contribution in [0.15, 0.2) is 10.6 Å². The van der Waals surface area contributed by atoms with Crippen LogP contribution in [0.1, 0.15) is 57.9 Å². The van der Waals surface area contributed by atoms with Crippen LogP contribution in [0.25, 0.3) is 0 Å². The summed E-state index contributed by atoms with van der Waals surface area (Å²) in [5.41, 5.74) is 0.749. The van der Waals surface area contributed by atoms with Gasteiger partial charge < -0.3 is 13.8 Å². The van der Waals surface area contributed by atoms with E-state index in [0.29, 0.717) is 18.9 Å². The predicted octanol–water partition coefficient (Wildman–Crippen LogP) is 4.24. The van der Waals surface area contributed by atoms with Gasteiger partial charge in [0.1, 0.15) is 17.7 Å². The normalized spacial score (nSPS) is 20.4. The lowest BCUT2D eigenvalue weighted by atomic mass is 9.90. The molecule has 0 aliphatic carbocycles. The largest absolute Gasteiger partial charge is 0.417 e. The summed E-state index contributed by atoms with van der Waals surface area (Å²) >= 11 is 0. The highest BCUT2D eigenvalue weighted by Gasteiger charge is 2.41. The molecule has 0 aromatic carbocycles. The van der Waals surface area contributed by atoms with E-state index in [1.807, 2.05) is 19.9 Å². The Labute approximate surface area is 164 Å². The summed E-state index contributed by atoms with van der Waals surface area (Å²) in [5.74, 6) is -0.0437. The van der Waals surface area contributed by atoms with E-state index in [2.05, 4.69) is 45.1 Å². The molecule has 7 heteroatoms. The van der Waals surface area contributed by atoms with Gasteiger partial charge in [-0.3, -0.25) is 4.79 Å². The number of rotatable bonds is 6. The number of aryl methyl sites for hydroxylation is 1. The fourth-order valence-corrected chi connectivity index (χ4v) is 4.28. The summed E-state index contributed by atoms with van der Waals surface area (Å²) in [7, 11) is -1.92. The van der Waals surface area contributed by atoms with Crippen LogP contribution in [0.5, 0.6) is 0 Å². The minimum atomic E-state index is -1.92. The molecule has 0 N–H and O–H groups in total. The Hall–Kier alpha value is -1.65. The fourth-order valence-electron chi connectivity index (χ4n) is 3.17. The van der Waals surface area contributed by atoms with Crippen LogP contribution in [0.2, 0.25) is 18.1 Å². The summed E-state index contributed by atoms with van der Waals surface area (Å²) in [5, 5.41) is 13.5. The predicted molar refractivity (Wildman–Crippen MR) is 107 cm³/mol. The van der Waals surface area contributed by atoms with Crippen LogP contribution < -0.4 is 0 Å². The molecule has 1 aliphatic heterocycles. The Balaban J connectivity index is 2.23. The quantitative estimate of drug-likeness (QED) is 0.678. The second kappa shape index (κ2) is 8.15. The van der Waals surface area contributed by atoms with E-state index in [1.54, 1.807) is 4.90 Å². The molecule has 0 radical (unpaired) electrons. The Morgan fingerprint density at radius 3 is 2.70 bits per heavy atom. The average Bonchev–Trinajstić information content (AvgIpc) is 3.20. The molecule has 1 fully saturated rings. The SMILES string of the molecule is Cc1cc([C@@H](C(=O)N2CCCC2C#N)C(C)CO[Si](C)(C)C(C)(C)C)on1. The molecule has 1 aromatic heterocycles. The van der Waals surface area contributed by atoms with Crippen LogP contribution in [-0.4, -0.2) is 43.5 Å². The lowest BCUT2D eigenvalue weighted by Gasteiger charge is -2.38. The third-order valence-corrected chi connectivity index (χ3v) is 10.5. The number of carbonyl (C=O) groups excluding carboxylic acids is 1. The topological polar surface area (TPSA) is 79.4 Å². The third-order valence-electron chi connectivity index (χ3n) is 5.99. The molecular formula is C20H33N3O3Si. The number of aromatic nitrogens is 1. The van der Waals surface area contributed by atoms with E-state index in [4.69, 9.17) is 8.95 Å². The van der Waals surface area contributed by atoms with Gasteiger partial charge in [0.05, 0.1) is 11.8 Å². The molecule has 27 heavy (non-hydrogen) atoms. The minimum Gasteiger partial charge on any atom is -0.417 e. The van der Waals surface area contributed by atoms with Gasteiger partial charge in [0.25, 0.3) is 0 Å². The van der Waals surface area contributed by atoms with E-state index < -0.39 is 14.2 Å². The molecular weight excluding hydrogens is 358 g/mol. The van der Waals surface area contributed by atoms with Gasteiger partial charge in [0.15, 0.2) is 8.32 Å². The summed E-state index contributed by atoms with van der Waals surface area (Å²) in [4.78, 5) is 15.0. The second-order valence-corrected chi connectivity index (χ2v) is 14.0. The monoisotopic (exact) mass is 391 g/mol. The standard InChI is InChI=1S/C20H33N3O3Si/c1-14(13-25-27(6,7)20(3,4)5)18(17-11-15(2)22-26-17)19(24)23-10-8-9-16(23)12-21/h11,14,16,18H,8-10,13H2,1-7H3/t14?,16?,18-/m0/s1.